The average molecular weight is 314 g/mol. The van der Waals surface area contributed by atoms with Crippen LogP contribution in [-0.4, -0.2) is 41.6 Å². The van der Waals surface area contributed by atoms with Gasteiger partial charge in [0, 0.05) is 38.1 Å². The summed E-state index contributed by atoms with van der Waals surface area (Å²) in [6.07, 6.45) is 2.56. The second-order valence-electron chi connectivity index (χ2n) is 5.80. The lowest BCUT2D eigenvalue weighted by Gasteiger charge is -2.21. The Morgan fingerprint density at radius 2 is 2.13 bits per heavy atom. The second kappa shape index (κ2) is 6.42. The molecular weight excluding hydrogens is 292 g/mol. The second-order valence-corrected chi connectivity index (χ2v) is 5.80. The first-order valence-corrected chi connectivity index (χ1v) is 8.05. The number of hydrogen-bond donors (Lipinski definition) is 2. The summed E-state index contributed by atoms with van der Waals surface area (Å²) >= 11 is 0. The van der Waals surface area contributed by atoms with Crippen molar-refractivity contribution in [3.8, 4) is 0 Å². The third kappa shape index (κ3) is 2.82. The number of pyridine rings is 1. The number of nitrogen functional groups attached to an aromatic ring is 1. The molecule has 1 amide bonds. The zero-order chi connectivity index (χ0) is 16.4. The molecule has 3 N–H and O–H groups in total. The number of amides is 1. The van der Waals surface area contributed by atoms with Crippen molar-refractivity contribution in [2.75, 3.05) is 31.9 Å². The molecule has 1 saturated heterocycles. The third-order valence-corrected chi connectivity index (χ3v) is 4.34. The van der Waals surface area contributed by atoms with Crippen molar-refractivity contribution in [2.45, 2.75) is 19.9 Å². The van der Waals surface area contributed by atoms with E-state index in [-0.39, 0.29) is 16.9 Å². The maximum absolute atomic E-state index is 12.8. The number of aromatic nitrogens is 1. The minimum absolute atomic E-state index is 0.203. The van der Waals surface area contributed by atoms with Gasteiger partial charge in [0.05, 0.1) is 10.9 Å². The van der Waals surface area contributed by atoms with E-state index in [2.05, 4.69) is 5.32 Å². The summed E-state index contributed by atoms with van der Waals surface area (Å²) in [6.45, 7) is 5.59. The van der Waals surface area contributed by atoms with Gasteiger partial charge in [-0.1, -0.05) is 6.07 Å². The Balaban J connectivity index is 2.14. The van der Waals surface area contributed by atoms with Crippen LogP contribution in [0.25, 0.3) is 10.9 Å². The van der Waals surface area contributed by atoms with E-state index in [4.69, 9.17) is 5.73 Å². The Morgan fingerprint density at radius 3 is 2.91 bits per heavy atom. The summed E-state index contributed by atoms with van der Waals surface area (Å²) in [5.74, 6) is -0.203. The van der Waals surface area contributed by atoms with Crippen molar-refractivity contribution < 1.29 is 4.79 Å². The Hall–Kier alpha value is -2.34. The first-order valence-electron chi connectivity index (χ1n) is 8.05. The number of fused-ring (bicyclic) bond motifs is 1. The molecule has 0 aliphatic carbocycles. The molecular formula is C17H22N4O2. The van der Waals surface area contributed by atoms with Crippen molar-refractivity contribution >= 4 is 22.5 Å². The molecule has 0 bridgehead atoms. The molecule has 2 heterocycles. The van der Waals surface area contributed by atoms with Crippen molar-refractivity contribution in [2.24, 2.45) is 0 Å². The van der Waals surface area contributed by atoms with Crippen LogP contribution in [0.1, 0.15) is 23.7 Å². The number of carbonyl (C=O) groups is 1. The Morgan fingerprint density at radius 1 is 1.30 bits per heavy atom. The van der Waals surface area contributed by atoms with E-state index in [0.717, 1.165) is 25.0 Å². The summed E-state index contributed by atoms with van der Waals surface area (Å²) in [5.41, 5.74) is 7.13. The van der Waals surface area contributed by atoms with E-state index in [1.54, 1.807) is 17.2 Å². The number of benzene rings is 1. The van der Waals surface area contributed by atoms with Crippen LogP contribution < -0.4 is 16.5 Å². The highest BCUT2D eigenvalue weighted by Gasteiger charge is 2.22. The van der Waals surface area contributed by atoms with Gasteiger partial charge in [-0.25, -0.2) is 0 Å². The SMILES string of the molecule is CCn1cc(C(=O)N2CCCNCC2)c(=O)c2c(N)cccc21. The molecule has 6 nitrogen and oxygen atoms in total. The largest absolute Gasteiger partial charge is 0.398 e. The Labute approximate surface area is 134 Å². The number of hydrogen-bond acceptors (Lipinski definition) is 4. The Kier molecular flexibility index (Phi) is 4.34. The normalized spacial score (nSPS) is 15.6. The first-order chi connectivity index (χ1) is 11.1. The summed E-state index contributed by atoms with van der Waals surface area (Å²) < 4.78 is 1.91. The summed E-state index contributed by atoms with van der Waals surface area (Å²) in [4.78, 5) is 27.4. The van der Waals surface area contributed by atoms with Crippen LogP contribution in [0.5, 0.6) is 0 Å². The van der Waals surface area contributed by atoms with Gasteiger partial charge in [0.25, 0.3) is 5.91 Å². The van der Waals surface area contributed by atoms with Gasteiger partial charge >= 0.3 is 0 Å². The predicted octanol–water partition coefficient (Wildman–Crippen LogP) is 1.04. The number of aryl methyl sites for hydroxylation is 1. The number of nitrogens with two attached hydrogens (primary N) is 1. The smallest absolute Gasteiger partial charge is 0.259 e. The van der Waals surface area contributed by atoms with Crippen LogP contribution in [0.4, 0.5) is 5.69 Å². The molecule has 23 heavy (non-hydrogen) atoms. The predicted molar refractivity (Wildman–Crippen MR) is 91.7 cm³/mol. The quantitative estimate of drug-likeness (QED) is 0.812. The van der Waals surface area contributed by atoms with E-state index in [9.17, 15) is 9.59 Å². The van der Waals surface area contributed by atoms with Gasteiger partial charge in [0.15, 0.2) is 0 Å². The van der Waals surface area contributed by atoms with Crippen molar-refractivity contribution in [3.63, 3.8) is 0 Å². The molecule has 3 rings (SSSR count). The molecule has 0 unspecified atom stereocenters. The molecule has 0 spiro atoms. The van der Waals surface area contributed by atoms with Crippen molar-refractivity contribution in [3.05, 3.63) is 40.2 Å². The van der Waals surface area contributed by atoms with Crippen molar-refractivity contribution in [1.29, 1.82) is 0 Å². The van der Waals surface area contributed by atoms with Crippen LogP contribution >= 0.6 is 0 Å². The highest BCUT2D eigenvalue weighted by Crippen LogP contribution is 2.19. The zero-order valence-electron chi connectivity index (χ0n) is 13.3. The van der Waals surface area contributed by atoms with Gasteiger partial charge in [-0.05, 0) is 32.0 Å². The number of rotatable bonds is 2. The van der Waals surface area contributed by atoms with Crippen molar-refractivity contribution in [1.82, 2.24) is 14.8 Å². The maximum atomic E-state index is 12.8. The fraction of sp³-hybridized carbons (Fsp3) is 0.412. The topological polar surface area (TPSA) is 80.4 Å². The van der Waals surface area contributed by atoms with Crippen LogP contribution in [-0.2, 0) is 6.54 Å². The molecule has 0 saturated carbocycles. The van der Waals surface area contributed by atoms with E-state index in [1.165, 1.54) is 0 Å². The monoisotopic (exact) mass is 314 g/mol. The van der Waals surface area contributed by atoms with E-state index in [1.807, 2.05) is 23.6 Å². The highest BCUT2D eigenvalue weighted by atomic mass is 16.2. The third-order valence-electron chi connectivity index (χ3n) is 4.34. The summed E-state index contributed by atoms with van der Waals surface area (Å²) in [7, 11) is 0. The minimum Gasteiger partial charge on any atom is -0.398 e. The number of nitrogens with one attached hydrogen (secondary N) is 1. The lowest BCUT2D eigenvalue weighted by Crippen LogP contribution is -2.37. The first kappa shape index (κ1) is 15.6. The molecule has 1 aliphatic heterocycles. The van der Waals surface area contributed by atoms with Gasteiger partial charge in [0.1, 0.15) is 5.56 Å². The molecule has 1 aromatic carbocycles. The summed E-state index contributed by atoms with van der Waals surface area (Å²) in [6, 6.07) is 5.39. The number of carbonyl (C=O) groups excluding carboxylic acids is 1. The van der Waals surface area contributed by atoms with E-state index in [0.29, 0.717) is 30.7 Å². The van der Waals surface area contributed by atoms with Gasteiger partial charge < -0.3 is 20.5 Å². The maximum Gasteiger partial charge on any atom is 0.259 e. The lowest BCUT2D eigenvalue weighted by molar-refractivity contribution is 0.0764. The standard InChI is InChI=1S/C17H22N4O2/c1-2-20-11-12(17(23)21-9-4-7-19-8-10-21)16(22)15-13(18)5-3-6-14(15)20/h3,5-6,11,19H,2,4,7-10,18H2,1H3. The van der Waals surface area contributed by atoms with Gasteiger partial charge in [-0.2, -0.15) is 0 Å². The molecule has 2 aromatic rings. The van der Waals surface area contributed by atoms with Crippen LogP contribution in [0, 0.1) is 0 Å². The van der Waals surface area contributed by atoms with Gasteiger partial charge in [-0.3, -0.25) is 9.59 Å². The molecule has 1 aliphatic rings. The van der Waals surface area contributed by atoms with Crippen LogP contribution in [0.15, 0.2) is 29.2 Å². The average Bonchev–Trinajstić information content (AvgIpc) is 2.84. The van der Waals surface area contributed by atoms with Gasteiger partial charge in [-0.15, -0.1) is 0 Å². The van der Waals surface area contributed by atoms with E-state index >= 15 is 0 Å². The van der Waals surface area contributed by atoms with E-state index < -0.39 is 0 Å². The molecule has 122 valence electrons. The summed E-state index contributed by atoms with van der Waals surface area (Å²) in [5, 5.41) is 3.70. The fourth-order valence-electron chi connectivity index (χ4n) is 3.10. The molecule has 0 radical (unpaired) electrons. The van der Waals surface area contributed by atoms with Crippen LogP contribution in [0.2, 0.25) is 0 Å². The molecule has 1 aromatic heterocycles. The highest BCUT2D eigenvalue weighted by molar-refractivity contribution is 6.00. The number of nitrogens with zero attached hydrogens (tertiary/aromatic N) is 2. The fourth-order valence-corrected chi connectivity index (χ4v) is 3.10. The number of anilines is 1. The minimum atomic E-state index is -0.273. The molecule has 1 fully saturated rings. The zero-order valence-corrected chi connectivity index (χ0v) is 13.3. The van der Waals surface area contributed by atoms with Crippen LogP contribution in [0.3, 0.4) is 0 Å². The lowest BCUT2D eigenvalue weighted by atomic mass is 10.1. The Bertz CT molecular complexity index is 789. The molecule has 6 heteroatoms. The molecule has 0 atom stereocenters. The van der Waals surface area contributed by atoms with Gasteiger partial charge in [0.2, 0.25) is 5.43 Å².